The molecule has 0 radical (unpaired) electrons. The topological polar surface area (TPSA) is 86.7 Å². The van der Waals surface area contributed by atoms with E-state index < -0.39 is 10.0 Å². The number of hydrogen-bond acceptors (Lipinski definition) is 4. The Bertz CT molecular complexity index is 892. The van der Waals surface area contributed by atoms with Crippen molar-refractivity contribution in [3.63, 3.8) is 0 Å². The highest BCUT2D eigenvalue weighted by atomic mass is 32.2. The van der Waals surface area contributed by atoms with Crippen molar-refractivity contribution in [2.24, 2.45) is 4.99 Å². The SMILES string of the molecule is CCNC(=NCc1ccc(S(=O)(=O)N2CCCC2)cc1)NCCc1ccccn1. The van der Waals surface area contributed by atoms with Crippen LogP contribution in [0.2, 0.25) is 0 Å². The van der Waals surface area contributed by atoms with Crippen LogP contribution in [0.25, 0.3) is 0 Å². The average Bonchev–Trinajstić information content (AvgIpc) is 3.29. The summed E-state index contributed by atoms with van der Waals surface area (Å²) >= 11 is 0. The Morgan fingerprint density at radius 3 is 2.52 bits per heavy atom. The largest absolute Gasteiger partial charge is 0.357 e. The maximum absolute atomic E-state index is 12.6. The molecule has 2 heterocycles. The zero-order valence-corrected chi connectivity index (χ0v) is 17.7. The molecule has 29 heavy (non-hydrogen) atoms. The molecule has 0 bridgehead atoms. The minimum absolute atomic E-state index is 0.354. The fraction of sp³-hybridized carbons (Fsp3) is 0.429. The van der Waals surface area contributed by atoms with Crippen LogP contribution in [-0.4, -0.2) is 49.8 Å². The molecular weight excluding hydrogens is 386 g/mol. The molecule has 1 aromatic heterocycles. The number of pyridine rings is 1. The maximum atomic E-state index is 12.6. The Morgan fingerprint density at radius 2 is 1.86 bits per heavy atom. The number of nitrogens with zero attached hydrogens (tertiary/aromatic N) is 3. The molecule has 0 spiro atoms. The number of rotatable bonds is 8. The average molecular weight is 416 g/mol. The summed E-state index contributed by atoms with van der Waals surface area (Å²) in [4.78, 5) is 9.27. The minimum atomic E-state index is -3.37. The normalized spacial score (nSPS) is 15.4. The molecule has 0 unspecified atom stereocenters. The first-order chi connectivity index (χ1) is 14.1. The van der Waals surface area contributed by atoms with E-state index in [1.807, 2.05) is 37.3 Å². The summed E-state index contributed by atoms with van der Waals surface area (Å²) in [5, 5.41) is 6.54. The Kier molecular flexibility index (Phi) is 7.60. The zero-order valence-electron chi connectivity index (χ0n) is 16.8. The molecular formula is C21H29N5O2S. The molecule has 1 aromatic carbocycles. The van der Waals surface area contributed by atoms with Crippen LogP contribution in [0.5, 0.6) is 0 Å². The molecule has 3 rings (SSSR count). The highest BCUT2D eigenvalue weighted by Gasteiger charge is 2.26. The van der Waals surface area contributed by atoms with Gasteiger partial charge in [0.15, 0.2) is 5.96 Å². The van der Waals surface area contributed by atoms with Crippen LogP contribution in [0.1, 0.15) is 31.0 Å². The van der Waals surface area contributed by atoms with Crippen LogP contribution in [-0.2, 0) is 23.0 Å². The predicted molar refractivity (Wildman–Crippen MR) is 115 cm³/mol. The number of guanidine groups is 1. The van der Waals surface area contributed by atoms with Gasteiger partial charge in [0, 0.05) is 44.5 Å². The van der Waals surface area contributed by atoms with Crippen LogP contribution in [0.15, 0.2) is 58.5 Å². The van der Waals surface area contributed by atoms with Gasteiger partial charge in [0.05, 0.1) is 11.4 Å². The summed E-state index contributed by atoms with van der Waals surface area (Å²) < 4.78 is 26.8. The van der Waals surface area contributed by atoms with Crippen LogP contribution in [0.4, 0.5) is 0 Å². The third-order valence-electron chi connectivity index (χ3n) is 4.79. The lowest BCUT2D eigenvalue weighted by Gasteiger charge is -2.15. The molecule has 1 fully saturated rings. The van der Waals surface area contributed by atoms with Gasteiger partial charge < -0.3 is 10.6 Å². The molecule has 2 N–H and O–H groups in total. The lowest BCUT2D eigenvalue weighted by Crippen LogP contribution is -2.38. The van der Waals surface area contributed by atoms with E-state index in [9.17, 15) is 8.42 Å². The van der Waals surface area contributed by atoms with Crippen molar-refractivity contribution in [2.45, 2.75) is 37.6 Å². The van der Waals surface area contributed by atoms with Gasteiger partial charge in [-0.3, -0.25) is 4.98 Å². The molecule has 156 valence electrons. The summed E-state index contributed by atoms with van der Waals surface area (Å²) in [5.41, 5.74) is 2.00. The van der Waals surface area contributed by atoms with Gasteiger partial charge in [-0.15, -0.1) is 0 Å². The molecule has 1 aliphatic heterocycles. The van der Waals surface area contributed by atoms with E-state index in [4.69, 9.17) is 0 Å². The van der Waals surface area contributed by atoms with Crippen molar-refractivity contribution in [2.75, 3.05) is 26.2 Å². The minimum Gasteiger partial charge on any atom is -0.357 e. The smallest absolute Gasteiger partial charge is 0.243 e. The van der Waals surface area contributed by atoms with Crippen LogP contribution >= 0.6 is 0 Å². The van der Waals surface area contributed by atoms with Crippen LogP contribution in [0, 0.1) is 0 Å². The van der Waals surface area contributed by atoms with E-state index in [0.29, 0.717) is 24.5 Å². The number of sulfonamides is 1. The molecule has 2 aromatic rings. The molecule has 0 saturated carbocycles. The summed E-state index contributed by atoms with van der Waals surface area (Å²) in [5.74, 6) is 0.734. The molecule has 8 heteroatoms. The van der Waals surface area contributed by atoms with Crippen molar-refractivity contribution in [1.82, 2.24) is 19.9 Å². The van der Waals surface area contributed by atoms with Gasteiger partial charge in [0.25, 0.3) is 0 Å². The fourth-order valence-electron chi connectivity index (χ4n) is 3.21. The van der Waals surface area contributed by atoms with E-state index in [1.54, 1.807) is 22.6 Å². The van der Waals surface area contributed by atoms with E-state index in [0.717, 1.165) is 49.6 Å². The quantitative estimate of drug-likeness (QED) is 0.510. The van der Waals surface area contributed by atoms with Crippen molar-refractivity contribution in [3.05, 3.63) is 59.9 Å². The number of aromatic nitrogens is 1. The first kappa shape index (κ1) is 21.3. The van der Waals surface area contributed by atoms with Gasteiger partial charge in [-0.2, -0.15) is 4.31 Å². The predicted octanol–water partition coefficient (Wildman–Crippen LogP) is 2.16. The number of hydrogen-bond donors (Lipinski definition) is 2. The Labute approximate surface area is 173 Å². The third kappa shape index (κ3) is 6.01. The van der Waals surface area contributed by atoms with Gasteiger partial charge in [-0.1, -0.05) is 18.2 Å². The summed E-state index contributed by atoms with van der Waals surface area (Å²) in [6.07, 6.45) is 4.48. The molecule has 0 atom stereocenters. The molecule has 0 aliphatic carbocycles. The standard InChI is InChI=1S/C21H29N5O2S/c1-2-22-21(24-14-12-19-7-3-4-13-23-19)25-17-18-8-10-20(11-9-18)29(27,28)26-15-5-6-16-26/h3-4,7-11,13H,2,5-6,12,14-17H2,1H3,(H2,22,24,25). The number of nitrogens with one attached hydrogen (secondary N) is 2. The first-order valence-electron chi connectivity index (χ1n) is 10.1. The van der Waals surface area contributed by atoms with E-state index in [-0.39, 0.29) is 0 Å². The Morgan fingerprint density at radius 1 is 1.10 bits per heavy atom. The van der Waals surface area contributed by atoms with Crippen molar-refractivity contribution >= 4 is 16.0 Å². The van der Waals surface area contributed by atoms with Crippen molar-refractivity contribution in [1.29, 1.82) is 0 Å². The number of aliphatic imine (C=N–C) groups is 1. The fourth-order valence-corrected chi connectivity index (χ4v) is 4.73. The zero-order chi connectivity index (χ0) is 20.5. The second-order valence-electron chi connectivity index (χ2n) is 6.95. The second-order valence-corrected chi connectivity index (χ2v) is 8.89. The first-order valence-corrected chi connectivity index (χ1v) is 11.5. The van der Waals surface area contributed by atoms with Gasteiger partial charge in [-0.25, -0.2) is 13.4 Å². The van der Waals surface area contributed by atoms with E-state index in [1.165, 1.54) is 0 Å². The summed E-state index contributed by atoms with van der Waals surface area (Å²) in [6.45, 7) is 5.23. The summed E-state index contributed by atoms with van der Waals surface area (Å²) in [6, 6.07) is 12.9. The Balaban J connectivity index is 1.57. The lowest BCUT2D eigenvalue weighted by atomic mass is 10.2. The third-order valence-corrected chi connectivity index (χ3v) is 6.70. The van der Waals surface area contributed by atoms with Crippen molar-refractivity contribution < 1.29 is 8.42 Å². The number of benzene rings is 1. The van der Waals surface area contributed by atoms with Crippen LogP contribution in [0.3, 0.4) is 0 Å². The molecule has 7 nitrogen and oxygen atoms in total. The van der Waals surface area contributed by atoms with Gasteiger partial charge in [0.1, 0.15) is 0 Å². The lowest BCUT2D eigenvalue weighted by molar-refractivity contribution is 0.477. The molecule has 1 saturated heterocycles. The Hall–Kier alpha value is -2.45. The van der Waals surface area contributed by atoms with E-state index >= 15 is 0 Å². The van der Waals surface area contributed by atoms with Crippen molar-refractivity contribution in [3.8, 4) is 0 Å². The molecule has 1 aliphatic rings. The molecule has 0 amide bonds. The van der Waals surface area contributed by atoms with Gasteiger partial charge in [-0.05, 0) is 49.6 Å². The van der Waals surface area contributed by atoms with E-state index in [2.05, 4.69) is 20.6 Å². The second kappa shape index (κ2) is 10.4. The van der Waals surface area contributed by atoms with Gasteiger partial charge >= 0.3 is 0 Å². The monoisotopic (exact) mass is 415 g/mol. The van der Waals surface area contributed by atoms with Crippen LogP contribution < -0.4 is 10.6 Å². The highest BCUT2D eigenvalue weighted by molar-refractivity contribution is 7.89. The van der Waals surface area contributed by atoms with Gasteiger partial charge in [0.2, 0.25) is 10.0 Å². The maximum Gasteiger partial charge on any atom is 0.243 e. The summed E-state index contributed by atoms with van der Waals surface area (Å²) in [7, 11) is -3.37. The highest BCUT2D eigenvalue weighted by Crippen LogP contribution is 2.21.